The minimum Gasteiger partial charge on any atom is -0.497 e. The molecule has 0 aliphatic carbocycles. The fourth-order valence-electron chi connectivity index (χ4n) is 3.98. The molecule has 2 aliphatic heterocycles. The summed E-state index contributed by atoms with van der Waals surface area (Å²) in [6.45, 7) is 7.80. The Hall–Kier alpha value is -3.29. The molecule has 0 radical (unpaired) electrons. The molecule has 1 fully saturated rings. The third-order valence-corrected chi connectivity index (χ3v) is 5.45. The van der Waals surface area contributed by atoms with Gasteiger partial charge in [0.25, 0.3) is 0 Å². The van der Waals surface area contributed by atoms with E-state index in [0.29, 0.717) is 19.6 Å². The number of fused-ring (bicyclic) bond motifs is 1. The first-order valence-corrected chi connectivity index (χ1v) is 10.5. The van der Waals surface area contributed by atoms with E-state index in [-0.39, 0.29) is 11.6 Å². The lowest BCUT2D eigenvalue weighted by Gasteiger charge is -2.39. The van der Waals surface area contributed by atoms with Crippen molar-refractivity contribution in [3.05, 3.63) is 48.2 Å². The number of rotatable bonds is 3. The lowest BCUT2D eigenvalue weighted by Crippen LogP contribution is -2.56. The fourth-order valence-corrected chi connectivity index (χ4v) is 3.98. The van der Waals surface area contributed by atoms with Crippen molar-refractivity contribution in [2.45, 2.75) is 44.8 Å². The number of nitrogens with zero attached hydrogens (tertiary/aromatic N) is 3. The molecule has 1 aromatic carbocycles. The molecular formula is C23H30N6O2. The minimum absolute atomic E-state index is 0.0893. The first kappa shape index (κ1) is 21.0. The Morgan fingerprint density at radius 3 is 2.94 bits per heavy atom. The van der Waals surface area contributed by atoms with Crippen LogP contribution in [0.4, 0.5) is 16.3 Å². The first-order valence-electron chi connectivity index (χ1n) is 10.5. The molecule has 8 heteroatoms. The fraction of sp³-hybridized carbons (Fsp3) is 0.435. The van der Waals surface area contributed by atoms with Crippen LogP contribution in [0.5, 0.6) is 5.75 Å². The lowest BCUT2D eigenvalue weighted by atomic mass is 9.93. The lowest BCUT2D eigenvalue weighted by molar-refractivity contribution is 0.207. The summed E-state index contributed by atoms with van der Waals surface area (Å²) < 4.78 is 5.26. The molecule has 0 saturated carbocycles. The predicted octanol–water partition coefficient (Wildman–Crippen LogP) is 3.48. The number of carbonyl (C=O) groups excluding carboxylic acids is 1. The van der Waals surface area contributed by atoms with Gasteiger partial charge in [-0.1, -0.05) is 12.1 Å². The highest BCUT2D eigenvalue weighted by atomic mass is 16.5. The number of anilines is 2. The number of carbonyl (C=O) groups is 1. The van der Waals surface area contributed by atoms with Crippen LogP contribution in [0.25, 0.3) is 0 Å². The second-order valence-electron chi connectivity index (χ2n) is 9.04. The molecule has 2 aliphatic rings. The molecule has 2 aromatic rings. The zero-order chi connectivity index (χ0) is 22.1. The van der Waals surface area contributed by atoms with Crippen molar-refractivity contribution in [1.29, 1.82) is 0 Å². The van der Waals surface area contributed by atoms with Crippen molar-refractivity contribution >= 4 is 23.4 Å². The van der Waals surface area contributed by atoms with E-state index in [0.717, 1.165) is 35.1 Å². The van der Waals surface area contributed by atoms with E-state index in [1.54, 1.807) is 13.3 Å². The van der Waals surface area contributed by atoms with Crippen molar-refractivity contribution < 1.29 is 9.53 Å². The molecule has 3 heterocycles. The standard InChI is InChI=1S/C23H30N6O2/c1-22(2,3)28-20-23(27-18-9-6-11-24-19(18)26-20)10-12-29(15-23)21(30)25-14-16-7-5-8-17(13-16)31-4/h5-9,11,13,27H,10,12,14-15H2,1-4H3,(H,25,30)(H,24,26,28). The molecule has 8 nitrogen and oxygen atoms in total. The highest BCUT2D eigenvalue weighted by Crippen LogP contribution is 2.36. The SMILES string of the molecule is COc1cccc(CNC(=O)N2CCC3(C2)Nc2cccnc2NC3=NC(C)(C)C)c1. The van der Waals surface area contributed by atoms with E-state index in [9.17, 15) is 4.79 Å². The molecule has 1 aromatic heterocycles. The Balaban J connectivity index is 1.50. The number of ether oxygens (including phenoxy) is 1. The van der Waals surface area contributed by atoms with Gasteiger partial charge in [0.05, 0.1) is 24.9 Å². The number of hydrogen-bond acceptors (Lipinski definition) is 5. The molecule has 164 valence electrons. The number of aliphatic imine (C=N–C) groups is 1. The molecule has 1 atom stereocenters. The number of hydrogen-bond donors (Lipinski definition) is 3. The maximum absolute atomic E-state index is 12.9. The summed E-state index contributed by atoms with van der Waals surface area (Å²) in [5, 5.41) is 10.1. The van der Waals surface area contributed by atoms with Gasteiger partial charge >= 0.3 is 6.03 Å². The summed E-state index contributed by atoms with van der Waals surface area (Å²) in [6.07, 6.45) is 2.52. The Bertz CT molecular complexity index is 1000. The highest BCUT2D eigenvalue weighted by molar-refractivity contribution is 6.09. The number of likely N-dealkylation sites (tertiary alicyclic amines) is 1. The normalized spacial score (nSPS) is 21.4. The van der Waals surface area contributed by atoms with Gasteiger partial charge < -0.3 is 25.6 Å². The molecule has 1 unspecified atom stereocenters. The Labute approximate surface area is 183 Å². The maximum Gasteiger partial charge on any atom is 0.317 e. The number of aromatic nitrogens is 1. The van der Waals surface area contributed by atoms with Gasteiger partial charge in [0.1, 0.15) is 17.1 Å². The number of nitrogens with one attached hydrogen (secondary N) is 3. The van der Waals surface area contributed by atoms with Gasteiger partial charge in [-0.15, -0.1) is 0 Å². The summed E-state index contributed by atoms with van der Waals surface area (Å²) in [5.41, 5.74) is 1.20. The second-order valence-corrected chi connectivity index (χ2v) is 9.04. The van der Waals surface area contributed by atoms with Crippen LogP contribution in [-0.4, -0.2) is 53.0 Å². The largest absolute Gasteiger partial charge is 0.497 e. The monoisotopic (exact) mass is 422 g/mol. The van der Waals surface area contributed by atoms with E-state index in [2.05, 4.69) is 41.7 Å². The van der Waals surface area contributed by atoms with Crippen LogP contribution >= 0.6 is 0 Å². The Kier molecular flexibility index (Phi) is 5.47. The smallest absolute Gasteiger partial charge is 0.317 e. The number of methoxy groups -OCH3 is 1. The van der Waals surface area contributed by atoms with Crippen molar-refractivity contribution in [1.82, 2.24) is 15.2 Å². The quantitative estimate of drug-likeness (QED) is 0.705. The van der Waals surface area contributed by atoms with Crippen LogP contribution in [0.1, 0.15) is 32.8 Å². The number of amides is 2. The highest BCUT2D eigenvalue weighted by Gasteiger charge is 2.47. The summed E-state index contributed by atoms with van der Waals surface area (Å²) in [4.78, 5) is 24.1. The minimum atomic E-state index is -0.462. The van der Waals surface area contributed by atoms with E-state index in [1.807, 2.05) is 41.3 Å². The van der Waals surface area contributed by atoms with Gasteiger partial charge in [0.15, 0.2) is 5.82 Å². The second kappa shape index (κ2) is 8.09. The van der Waals surface area contributed by atoms with Crippen molar-refractivity contribution in [3.63, 3.8) is 0 Å². The average molecular weight is 423 g/mol. The predicted molar refractivity (Wildman–Crippen MR) is 123 cm³/mol. The van der Waals surface area contributed by atoms with Crippen LogP contribution in [0, 0.1) is 0 Å². The third-order valence-electron chi connectivity index (χ3n) is 5.45. The first-order chi connectivity index (χ1) is 14.8. The molecule has 0 bridgehead atoms. The van der Waals surface area contributed by atoms with Crippen LogP contribution in [0.2, 0.25) is 0 Å². The van der Waals surface area contributed by atoms with E-state index in [4.69, 9.17) is 9.73 Å². The van der Waals surface area contributed by atoms with Gasteiger partial charge in [0, 0.05) is 19.3 Å². The summed E-state index contributed by atoms with van der Waals surface area (Å²) in [5.74, 6) is 2.37. The van der Waals surface area contributed by atoms with Gasteiger partial charge in [-0.05, 0) is 57.0 Å². The topological polar surface area (TPSA) is 90.9 Å². The number of benzene rings is 1. The molecule has 31 heavy (non-hydrogen) atoms. The van der Waals surface area contributed by atoms with Gasteiger partial charge in [-0.25, -0.2) is 9.78 Å². The van der Waals surface area contributed by atoms with Crippen LogP contribution in [-0.2, 0) is 6.54 Å². The van der Waals surface area contributed by atoms with Crippen molar-refractivity contribution in [2.24, 2.45) is 4.99 Å². The van der Waals surface area contributed by atoms with E-state index in [1.165, 1.54) is 0 Å². The molecule has 3 N–H and O–H groups in total. The summed E-state index contributed by atoms with van der Waals surface area (Å²) >= 11 is 0. The van der Waals surface area contributed by atoms with Crippen molar-refractivity contribution in [3.8, 4) is 5.75 Å². The van der Waals surface area contributed by atoms with E-state index < -0.39 is 5.54 Å². The molecule has 1 saturated heterocycles. The molecule has 4 rings (SSSR count). The number of pyridine rings is 1. The molecule has 2 amide bonds. The van der Waals surface area contributed by atoms with Gasteiger partial charge in [-0.3, -0.25) is 4.99 Å². The molecule has 1 spiro atoms. The van der Waals surface area contributed by atoms with Gasteiger partial charge in [-0.2, -0.15) is 0 Å². The van der Waals surface area contributed by atoms with Crippen LogP contribution < -0.4 is 20.7 Å². The van der Waals surface area contributed by atoms with E-state index >= 15 is 0 Å². The zero-order valence-corrected chi connectivity index (χ0v) is 18.5. The molecular weight excluding hydrogens is 392 g/mol. The number of urea groups is 1. The number of amidine groups is 1. The van der Waals surface area contributed by atoms with Crippen LogP contribution in [0.15, 0.2) is 47.6 Å². The summed E-state index contributed by atoms with van der Waals surface area (Å²) in [7, 11) is 1.64. The average Bonchev–Trinajstić information content (AvgIpc) is 3.16. The zero-order valence-electron chi connectivity index (χ0n) is 18.5. The van der Waals surface area contributed by atoms with Crippen LogP contribution in [0.3, 0.4) is 0 Å². The van der Waals surface area contributed by atoms with Crippen molar-refractivity contribution in [2.75, 3.05) is 30.8 Å². The Morgan fingerprint density at radius 2 is 2.16 bits per heavy atom. The maximum atomic E-state index is 12.9. The summed E-state index contributed by atoms with van der Waals surface area (Å²) in [6, 6.07) is 11.5. The van der Waals surface area contributed by atoms with Gasteiger partial charge in [0.2, 0.25) is 0 Å². The third kappa shape index (κ3) is 4.57. The Morgan fingerprint density at radius 1 is 1.32 bits per heavy atom.